The van der Waals surface area contributed by atoms with Gasteiger partial charge < -0.3 is 0 Å². The Morgan fingerprint density at radius 1 is 1.08 bits per heavy atom. The summed E-state index contributed by atoms with van der Waals surface area (Å²) in [5, 5.41) is 9.69. The van der Waals surface area contributed by atoms with Crippen molar-refractivity contribution in [3.05, 3.63) is 75.8 Å². The van der Waals surface area contributed by atoms with Gasteiger partial charge in [-0.25, -0.2) is 4.98 Å². The third-order valence-corrected chi connectivity index (χ3v) is 4.74. The summed E-state index contributed by atoms with van der Waals surface area (Å²) in [5.41, 5.74) is 3.26. The highest BCUT2D eigenvalue weighted by Crippen LogP contribution is 2.20. The van der Waals surface area contributed by atoms with Gasteiger partial charge in [-0.15, -0.1) is 0 Å². The number of para-hydroxylation sites is 1. The summed E-state index contributed by atoms with van der Waals surface area (Å²) in [6, 6.07) is 17.9. The fourth-order valence-corrected chi connectivity index (χ4v) is 3.46. The van der Waals surface area contributed by atoms with Gasteiger partial charge in [-0.05, 0) is 29.7 Å². The van der Waals surface area contributed by atoms with Gasteiger partial charge in [0.25, 0.3) is 5.56 Å². The van der Waals surface area contributed by atoms with Crippen LogP contribution in [0.1, 0.15) is 17.0 Å². The van der Waals surface area contributed by atoms with Crippen LogP contribution in [0.25, 0.3) is 10.9 Å². The molecule has 124 valence electrons. The lowest BCUT2D eigenvalue weighted by Crippen LogP contribution is -2.34. The molecule has 0 saturated heterocycles. The number of hydrogen-bond acceptors (Lipinski definition) is 4. The van der Waals surface area contributed by atoms with Crippen molar-refractivity contribution >= 4 is 10.9 Å². The molecular weight excluding hydrogens is 312 g/mol. The van der Waals surface area contributed by atoms with E-state index in [9.17, 15) is 4.79 Å². The number of hydrogen-bond donors (Lipinski definition) is 0. The molecule has 0 atom stereocenters. The van der Waals surface area contributed by atoms with E-state index in [1.165, 1.54) is 15.7 Å². The Morgan fingerprint density at radius 2 is 1.84 bits per heavy atom. The summed E-state index contributed by atoms with van der Waals surface area (Å²) >= 11 is 0. The molecule has 2 aromatic carbocycles. The molecule has 4 rings (SSSR count). The van der Waals surface area contributed by atoms with Crippen molar-refractivity contribution in [1.29, 1.82) is 5.26 Å². The Morgan fingerprint density at radius 3 is 2.68 bits per heavy atom. The first-order chi connectivity index (χ1) is 12.3. The van der Waals surface area contributed by atoms with Crippen molar-refractivity contribution < 1.29 is 0 Å². The summed E-state index contributed by atoms with van der Waals surface area (Å²) < 4.78 is 1.50. The second-order valence-corrected chi connectivity index (χ2v) is 6.32. The monoisotopic (exact) mass is 330 g/mol. The van der Waals surface area contributed by atoms with Crippen LogP contribution in [0.3, 0.4) is 0 Å². The molecule has 0 radical (unpaired) electrons. The third kappa shape index (κ3) is 2.92. The predicted octanol–water partition coefficient (Wildman–Crippen LogP) is 2.48. The third-order valence-electron chi connectivity index (χ3n) is 4.74. The summed E-state index contributed by atoms with van der Waals surface area (Å²) in [6.07, 6.45) is 0.992. The van der Waals surface area contributed by atoms with Crippen molar-refractivity contribution in [1.82, 2.24) is 14.5 Å². The van der Waals surface area contributed by atoms with E-state index >= 15 is 0 Å². The standard InChI is InChI=1S/C20H18N4O/c21-10-12-24-19(22-18-8-4-3-7-17(18)20(24)25)14-23-11-9-15-5-1-2-6-16(15)13-23/h1-8H,9,11-14H2. The lowest BCUT2D eigenvalue weighted by molar-refractivity contribution is 0.235. The van der Waals surface area contributed by atoms with Crippen LogP contribution in [0, 0.1) is 11.3 Å². The quantitative estimate of drug-likeness (QED) is 0.740. The van der Waals surface area contributed by atoms with E-state index in [4.69, 9.17) is 5.26 Å². The molecule has 1 aliphatic heterocycles. The maximum atomic E-state index is 12.7. The smallest absolute Gasteiger partial charge is 0.262 e. The van der Waals surface area contributed by atoms with Crippen LogP contribution in [0.4, 0.5) is 0 Å². The fourth-order valence-electron chi connectivity index (χ4n) is 3.46. The van der Waals surface area contributed by atoms with Gasteiger partial charge in [0.05, 0.1) is 23.5 Å². The van der Waals surface area contributed by atoms with E-state index in [1.807, 2.05) is 18.2 Å². The van der Waals surface area contributed by atoms with Crippen molar-refractivity contribution in [2.75, 3.05) is 6.54 Å². The largest absolute Gasteiger partial charge is 0.291 e. The Kier molecular flexibility index (Phi) is 4.04. The van der Waals surface area contributed by atoms with Gasteiger partial charge >= 0.3 is 0 Å². The van der Waals surface area contributed by atoms with Gasteiger partial charge in [-0.2, -0.15) is 5.26 Å². The zero-order chi connectivity index (χ0) is 17.2. The molecule has 0 N–H and O–H groups in total. The van der Waals surface area contributed by atoms with Crippen molar-refractivity contribution in [3.63, 3.8) is 0 Å². The average molecular weight is 330 g/mol. The molecular formula is C20H18N4O. The first kappa shape index (κ1) is 15.6. The van der Waals surface area contributed by atoms with Crippen LogP contribution >= 0.6 is 0 Å². The minimum Gasteiger partial charge on any atom is -0.291 e. The van der Waals surface area contributed by atoms with Crippen LogP contribution in [-0.2, 0) is 26.1 Å². The number of fused-ring (bicyclic) bond motifs is 2. The summed E-state index contributed by atoms with van der Waals surface area (Å²) in [5.74, 6) is 0.657. The van der Waals surface area contributed by atoms with Crippen molar-refractivity contribution in [3.8, 4) is 6.07 Å². The number of nitriles is 1. The molecule has 5 heteroatoms. The normalized spacial score (nSPS) is 14.2. The van der Waals surface area contributed by atoms with E-state index < -0.39 is 0 Å². The van der Waals surface area contributed by atoms with Gasteiger partial charge in [-0.3, -0.25) is 14.3 Å². The molecule has 1 aromatic heterocycles. The molecule has 3 aromatic rings. The van der Waals surface area contributed by atoms with Gasteiger partial charge in [0.1, 0.15) is 12.4 Å². The van der Waals surface area contributed by atoms with Gasteiger partial charge in [-0.1, -0.05) is 36.4 Å². The highest BCUT2D eigenvalue weighted by atomic mass is 16.1. The molecule has 25 heavy (non-hydrogen) atoms. The zero-order valence-corrected chi connectivity index (χ0v) is 13.9. The van der Waals surface area contributed by atoms with Crippen LogP contribution in [0.2, 0.25) is 0 Å². The second-order valence-electron chi connectivity index (χ2n) is 6.32. The molecule has 5 nitrogen and oxygen atoms in total. The highest BCUT2D eigenvalue weighted by Gasteiger charge is 2.19. The Bertz CT molecular complexity index is 1030. The van der Waals surface area contributed by atoms with E-state index in [0.29, 0.717) is 23.3 Å². The van der Waals surface area contributed by atoms with Gasteiger partial charge in [0.2, 0.25) is 0 Å². The van der Waals surface area contributed by atoms with E-state index in [2.05, 4.69) is 40.2 Å². The van der Waals surface area contributed by atoms with Crippen LogP contribution in [0.5, 0.6) is 0 Å². The molecule has 0 fully saturated rings. The minimum atomic E-state index is -0.139. The Hall–Kier alpha value is -2.97. The van der Waals surface area contributed by atoms with Crippen LogP contribution in [-0.4, -0.2) is 21.0 Å². The molecule has 1 aliphatic rings. The van der Waals surface area contributed by atoms with Crippen LogP contribution < -0.4 is 5.56 Å². The molecule has 0 unspecified atom stereocenters. The molecule has 0 aliphatic carbocycles. The molecule has 0 amide bonds. The lowest BCUT2D eigenvalue weighted by Gasteiger charge is -2.29. The summed E-state index contributed by atoms with van der Waals surface area (Å²) in [6.45, 7) is 2.35. The topological polar surface area (TPSA) is 61.9 Å². The van der Waals surface area contributed by atoms with E-state index in [0.717, 1.165) is 19.5 Å². The molecule has 0 spiro atoms. The first-order valence-electron chi connectivity index (χ1n) is 8.41. The van der Waals surface area contributed by atoms with Crippen LogP contribution in [0.15, 0.2) is 53.3 Å². The zero-order valence-electron chi connectivity index (χ0n) is 13.9. The average Bonchev–Trinajstić information content (AvgIpc) is 2.65. The first-order valence-corrected chi connectivity index (χ1v) is 8.41. The number of aromatic nitrogens is 2. The Balaban J connectivity index is 1.71. The number of rotatable bonds is 3. The van der Waals surface area contributed by atoms with Crippen molar-refractivity contribution in [2.24, 2.45) is 0 Å². The van der Waals surface area contributed by atoms with Gasteiger partial charge in [0, 0.05) is 13.1 Å². The number of nitrogens with zero attached hydrogens (tertiary/aromatic N) is 4. The Labute approximate surface area is 145 Å². The molecule has 0 bridgehead atoms. The van der Waals surface area contributed by atoms with Crippen molar-refractivity contribution in [2.45, 2.75) is 26.1 Å². The minimum absolute atomic E-state index is 0.0242. The SMILES string of the molecule is N#CCn1c(CN2CCc3ccccc3C2)nc2ccccc2c1=O. The summed E-state index contributed by atoms with van der Waals surface area (Å²) in [4.78, 5) is 19.7. The van der Waals surface area contributed by atoms with Gasteiger partial charge in [0.15, 0.2) is 0 Å². The second kappa shape index (κ2) is 6.50. The number of benzene rings is 2. The molecule has 0 saturated carbocycles. The maximum Gasteiger partial charge on any atom is 0.262 e. The van der Waals surface area contributed by atoms with E-state index in [1.54, 1.807) is 6.07 Å². The molecule has 2 heterocycles. The maximum absolute atomic E-state index is 12.7. The predicted molar refractivity (Wildman–Crippen MR) is 95.9 cm³/mol. The van der Waals surface area contributed by atoms with E-state index in [-0.39, 0.29) is 12.1 Å². The fraction of sp³-hybridized carbons (Fsp3) is 0.250. The highest BCUT2D eigenvalue weighted by molar-refractivity contribution is 5.77. The lowest BCUT2D eigenvalue weighted by atomic mass is 10.00. The summed E-state index contributed by atoms with van der Waals surface area (Å²) in [7, 11) is 0.